The number of ether oxygens (including phenoxy) is 1. The van der Waals surface area contributed by atoms with Crippen LogP contribution in [-0.2, 0) is 6.61 Å². The molecule has 1 fully saturated rings. The first kappa shape index (κ1) is 14.2. The Kier molecular flexibility index (Phi) is 4.56. The molecule has 1 N–H and O–H groups in total. The zero-order valence-corrected chi connectivity index (χ0v) is 12.2. The fraction of sp³-hybridized carbons (Fsp3) is 0.368. The number of rotatable bonds is 5. The monoisotopic (exact) mass is 282 g/mol. The zero-order chi connectivity index (χ0) is 14.5. The molecule has 0 heterocycles. The molecule has 21 heavy (non-hydrogen) atoms. The SMILES string of the molecule is OCC1CCC(c2cccc(OCc3ccccc3)c2)C1. The predicted octanol–water partition coefficient (Wildman–Crippen LogP) is 4.14. The third-order valence-electron chi connectivity index (χ3n) is 4.38. The zero-order valence-electron chi connectivity index (χ0n) is 12.2. The molecule has 0 aromatic heterocycles. The summed E-state index contributed by atoms with van der Waals surface area (Å²) >= 11 is 0. The van der Waals surface area contributed by atoms with Gasteiger partial charge < -0.3 is 9.84 Å². The summed E-state index contributed by atoms with van der Waals surface area (Å²) in [5.74, 6) is 1.98. The molecular weight excluding hydrogens is 260 g/mol. The highest BCUT2D eigenvalue weighted by molar-refractivity contribution is 5.31. The smallest absolute Gasteiger partial charge is 0.120 e. The minimum absolute atomic E-state index is 0.320. The molecule has 0 amide bonds. The Morgan fingerprint density at radius 3 is 2.62 bits per heavy atom. The van der Waals surface area contributed by atoms with Crippen LogP contribution in [0, 0.1) is 5.92 Å². The van der Waals surface area contributed by atoms with Crippen molar-refractivity contribution in [2.24, 2.45) is 5.92 Å². The summed E-state index contributed by atoms with van der Waals surface area (Å²) in [5, 5.41) is 9.27. The minimum Gasteiger partial charge on any atom is -0.489 e. The Morgan fingerprint density at radius 2 is 1.86 bits per heavy atom. The second-order valence-corrected chi connectivity index (χ2v) is 5.91. The molecule has 1 aliphatic carbocycles. The summed E-state index contributed by atoms with van der Waals surface area (Å²) in [6.45, 7) is 0.926. The molecule has 0 spiro atoms. The van der Waals surface area contributed by atoms with Crippen molar-refractivity contribution in [3.05, 3.63) is 65.7 Å². The molecule has 2 atom stereocenters. The van der Waals surface area contributed by atoms with E-state index in [1.807, 2.05) is 24.3 Å². The summed E-state index contributed by atoms with van der Waals surface area (Å²) < 4.78 is 5.90. The van der Waals surface area contributed by atoms with Crippen LogP contribution in [0.4, 0.5) is 0 Å². The van der Waals surface area contributed by atoms with Crippen molar-refractivity contribution in [3.8, 4) is 5.75 Å². The maximum absolute atomic E-state index is 9.27. The van der Waals surface area contributed by atoms with Gasteiger partial charge in [-0.05, 0) is 54.4 Å². The highest BCUT2D eigenvalue weighted by Crippen LogP contribution is 2.38. The molecule has 0 aliphatic heterocycles. The van der Waals surface area contributed by atoms with E-state index in [1.54, 1.807) is 0 Å². The van der Waals surface area contributed by atoms with Crippen molar-refractivity contribution in [1.82, 2.24) is 0 Å². The van der Waals surface area contributed by atoms with E-state index in [-0.39, 0.29) is 0 Å². The summed E-state index contributed by atoms with van der Waals surface area (Å²) in [5.41, 5.74) is 2.53. The largest absolute Gasteiger partial charge is 0.489 e. The normalized spacial score (nSPS) is 21.4. The number of aliphatic hydroxyl groups excluding tert-OH is 1. The fourth-order valence-corrected chi connectivity index (χ4v) is 3.14. The molecule has 1 aliphatic rings. The van der Waals surface area contributed by atoms with Crippen molar-refractivity contribution >= 4 is 0 Å². The van der Waals surface area contributed by atoms with Crippen LogP contribution in [0.5, 0.6) is 5.75 Å². The van der Waals surface area contributed by atoms with Gasteiger partial charge in [0.25, 0.3) is 0 Å². The lowest BCUT2D eigenvalue weighted by Gasteiger charge is -2.13. The first-order chi connectivity index (χ1) is 10.3. The van der Waals surface area contributed by atoms with Gasteiger partial charge in [-0.2, -0.15) is 0 Å². The van der Waals surface area contributed by atoms with Crippen LogP contribution in [0.3, 0.4) is 0 Å². The molecule has 2 heteroatoms. The van der Waals surface area contributed by atoms with E-state index in [4.69, 9.17) is 4.74 Å². The maximum atomic E-state index is 9.27. The standard InChI is InChI=1S/C19H22O2/c20-13-16-9-10-18(11-16)17-7-4-8-19(12-17)21-14-15-5-2-1-3-6-15/h1-8,12,16,18,20H,9-11,13-14H2. The summed E-state index contributed by atoms with van der Waals surface area (Å²) in [6, 6.07) is 18.7. The van der Waals surface area contributed by atoms with Crippen molar-refractivity contribution in [2.75, 3.05) is 6.61 Å². The van der Waals surface area contributed by atoms with E-state index in [0.717, 1.165) is 18.6 Å². The number of benzene rings is 2. The molecule has 1 saturated carbocycles. The van der Waals surface area contributed by atoms with E-state index < -0.39 is 0 Å². The van der Waals surface area contributed by atoms with Crippen molar-refractivity contribution in [2.45, 2.75) is 31.8 Å². The molecule has 2 aromatic rings. The van der Waals surface area contributed by atoms with Crippen LogP contribution >= 0.6 is 0 Å². The van der Waals surface area contributed by atoms with Gasteiger partial charge in [-0.3, -0.25) is 0 Å². The lowest BCUT2D eigenvalue weighted by atomic mass is 9.96. The first-order valence-electron chi connectivity index (χ1n) is 7.72. The Balaban J connectivity index is 1.63. The molecular formula is C19H22O2. The van der Waals surface area contributed by atoms with E-state index in [0.29, 0.717) is 25.0 Å². The van der Waals surface area contributed by atoms with Crippen LogP contribution in [0.15, 0.2) is 54.6 Å². The predicted molar refractivity (Wildman–Crippen MR) is 84.4 cm³/mol. The molecule has 0 radical (unpaired) electrons. The highest BCUT2D eigenvalue weighted by Gasteiger charge is 2.25. The average Bonchev–Trinajstić information content (AvgIpc) is 3.03. The molecule has 0 saturated heterocycles. The Labute approximate surface area is 126 Å². The molecule has 110 valence electrons. The lowest BCUT2D eigenvalue weighted by molar-refractivity contribution is 0.228. The number of aliphatic hydroxyl groups is 1. The Bertz CT molecular complexity index is 565. The minimum atomic E-state index is 0.320. The maximum Gasteiger partial charge on any atom is 0.120 e. The van der Waals surface area contributed by atoms with Crippen LogP contribution in [-0.4, -0.2) is 11.7 Å². The van der Waals surface area contributed by atoms with Crippen LogP contribution in [0.2, 0.25) is 0 Å². The van der Waals surface area contributed by atoms with Gasteiger partial charge >= 0.3 is 0 Å². The second-order valence-electron chi connectivity index (χ2n) is 5.91. The van der Waals surface area contributed by atoms with E-state index >= 15 is 0 Å². The van der Waals surface area contributed by atoms with Gasteiger partial charge in [0.15, 0.2) is 0 Å². The summed E-state index contributed by atoms with van der Waals surface area (Å²) in [6.07, 6.45) is 3.41. The molecule has 2 unspecified atom stereocenters. The van der Waals surface area contributed by atoms with E-state index in [2.05, 4.69) is 30.3 Å². The molecule has 0 bridgehead atoms. The van der Waals surface area contributed by atoms with Crippen molar-refractivity contribution < 1.29 is 9.84 Å². The van der Waals surface area contributed by atoms with E-state index in [1.165, 1.54) is 17.5 Å². The summed E-state index contributed by atoms with van der Waals surface area (Å²) in [7, 11) is 0. The van der Waals surface area contributed by atoms with Crippen LogP contribution < -0.4 is 4.74 Å². The quantitative estimate of drug-likeness (QED) is 0.893. The molecule has 2 nitrogen and oxygen atoms in total. The van der Waals surface area contributed by atoms with Crippen LogP contribution in [0.25, 0.3) is 0 Å². The first-order valence-corrected chi connectivity index (χ1v) is 7.72. The topological polar surface area (TPSA) is 29.5 Å². The average molecular weight is 282 g/mol. The van der Waals surface area contributed by atoms with Gasteiger partial charge in [-0.1, -0.05) is 42.5 Å². The Hall–Kier alpha value is -1.80. The van der Waals surface area contributed by atoms with E-state index in [9.17, 15) is 5.11 Å². The van der Waals surface area contributed by atoms with Gasteiger partial charge in [-0.25, -0.2) is 0 Å². The highest BCUT2D eigenvalue weighted by atomic mass is 16.5. The third kappa shape index (κ3) is 3.64. The van der Waals surface area contributed by atoms with Crippen molar-refractivity contribution in [3.63, 3.8) is 0 Å². The van der Waals surface area contributed by atoms with Gasteiger partial charge in [0.05, 0.1) is 0 Å². The fourth-order valence-electron chi connectivity index (χ4n) is 3.14. The van der Waals surface area contributed by atoms with Gasteiger partial charge in [0.1, 0.15) is 12.4 Å². The second kappa shape index (κ2) is 6.77. The van der Waals surface area contributed by atoms with Crippen molar-refractivity contribution in [1.29, 1.82) is 0 Å². The number of hydrogen-bond donors (Lipinski definition) is 1. The number of hydrogen-bond acceptors (Lipinski definition) is 2. The summed E-state index contributed by atoms with van der Waals surface area (Å²) in [4.78, 5) is 0. The van der Waals surface area contributed by atoms with Gasteiger partial charge in [0, 0.05) is 6.61 Å². The molecule has 2 aromatic carbocycles. The van der Waals surface area contributed by atoms with Gasteiger partial charge in [-0.15, -0.1) is 0 Å². The van der Waals surface area contributed by atoms with Gasteiger partial charge in [0.2, 0.25) is 0 Å². The Morgan fingerprint density at radius 1 is 1.00 bits per heavy atom. The molecule has 3 rings (SSSR count). The third-order valence-corrected chi connectivity index (χ3v) is 4.38. The lowest BCUT2D eigenvalue weighted by Crippen LogP contribution is -2.01. The van der Waals surface area contributed by atoms with Crippen LogP contribution in [0.1, 0.15) is 36.3 Å².